The van der Waals surface area contributed by atoms with Crippen LogP contribution in [0.15, 0.2) is 72.8 Å². The topological polar surface area (TPSA) is 67.9 Å². The Balaban J connectivity index is 1.28. The number of hydroxylamine groups is 2. The Kier molecular flexibility index (Phi) is 6.52. The van der Waals surface area contributed by atoms with Crippen LogP contribution in [0.2, 0.25) is 0 Å². The number of nitrogens with one attached hydrogen (secondary N) is 1. The van der Waals surface area contributed by atoms with E-state index in [9.17, 15) is 9.59 Å². The summed E-state index contributed by atoms with van der Waals surface area (Å²) in [5, 5.41) is 3.99. The number of carbonyl (C=O) groups excluding carboxylic acids is 2. The van der Waals surface area contributed by atoms with Crippen molar-refractivity contribution in [2.45, 2.75) is 12.3 Å². The first-order valence-electron chi connectivity index (χ1n) is 10.6. The highest BCUT2D eigenvalue weighted by molar-refractivity contribution is 5.93. The summed E-state index contributed by atoms with van der Waals surface area (Å²) in [4.78, 5) is 29.2. The fourth-order valence-corrected chi connectivity index (χ4v) is 4.04. The Bertz CT molecular complexity index is 1070. The Morgan fingerprint density at radius 3 is 2.09 bits per heavy atom. The van der Waals surface area contributed by atoms with Crippen molar-refractivity contribution in [3.63, 3.8) is 0 Å². The molecule has 1 N–H and O–H groups in total. The Hall–Kier alpha value is -3.64. The highest BCUT2D eigenvalue weighted by atomic mass is 16.7. The van der Waals surface area contributed by atoms with Crippen molar-refractivity contribution in [2.24, 2.45) is 0 Å². The second-order valence-corrected chi connectivity index (χ2v) is 7.68. The SMILES string of the molecule is CON(C)C(=O)c1ccc(CCNC(=O)OCC2c3ccccc3-c3ccccc32)cc1. The lowest BCUT2D eigenvalue weighted by molar-refractivity contribution is -0.0756. The molecule has 6 nitrogen and oxygen atoms in total. The van der Waals surface area contributed by atoms with Crippen molar-refractivity contribution in [1.82, 2.24) is 10.4 Å². The molecule has 0 saturated heterocycles. The van der Waals surface area contributed by atoms with Gasteiger partial charge in [0.1, 0.15) is 6.61 Å². The highest BCUT2D eigenvalue weighted by Crippen LogP contribution is 2.44. The molecule has 1 aliphatic carbocycles. The van der Waals surface area contributed by atoms with Crippen LogP contribution in [-0.2, 0) is 16.0 Å². The van der Waals surface area contributed by atoms with E-state index in [1.165, 1.54) is 34.4 Å². The molecular weight excluding hydrogens is 404 g/mol. The second-order valence-electron chi connectivity index (χ2n) is 7.68. The largest absolute Gasteiger partial charge is 0.449 e. The van der Waals surface area contributed by atoms with Crippen LogP contribution in [0.5, 0.6) is 0 Å². The molecule has 0 aromatic heterocycles. The molecule has 0 fully saturated rings. The summed E-state index contributed by atoms with van der Waals surface area (Å²) >= 11 is 0. The first kappa shape index (κ1) is 21.6. The van der Waals surface area contributed by atoms with Crippen LogP contribution < -0.4 is 5.32 Å². The lowest BCUT2D eigenvalue weighted by Crippen LogP contribution is -2.28. The number of alkyl carbamates (subject to hydrolysis) is 1. The summed E-state index contributed by atoms with van der Waals surface area (Å²) in [6.07, 6.45) is 0.207. The Labute approximate surface area is 187 Å². The summed E-state index contributed by atoms with van der Waals surface area (Å²) in [6.45, 7) is 0.742. The van der Waals surface area contributed by atoms with Gasteiger partial charge in [-0.25, -0.2) is 9.86 Å². The van der Waals surface area contributed by atoms with Crippen LogP contribution >= 0.6 is 0 Å². The van der Waals surface area contributed by atoms with Crippen LogP contribution in [0, 0.1) is 0 Å². The maximum Gasteiger partial charge on any atom is 0.407 e. The van der Waals surface area contributed by atoms with Crippen molar-refractivity contribution in [1.29, 1.82) is 0 Å². The predicted octanol–water partition coefficient (Wildman–Crippen LogP) is 4.40. The van der Waals surface area contributed by atoms with Crippen LogP contribution in [-0.4, -0.2) is 44.4 Å². The van der Waals surface area contributed by atoms with E-state index in [-0.39, 0.29) is 11.8 Å². The first-order valence-corrected chi connectivity index (χ1v) is 10.6. The minimum absolute atomic E-state index is 0.0449. The molecule has 6 heteroatoms. The zero-order valence-electron chi connectivity index (χ0n) is 18.2. The third-order valence-corrected chi connectivity index (χ3v) is 5.79. The quantitative estimate of drug-likeness (QED) is 0.564. The molecule has 164 valence electrons. The molecule has 0 atom stereocenters. The highest BCUT2D eigenvalue weighted by Gasteiger charge is 2.28. The molecular formula is C26H26N2O4. The van der Waals surface area contributed by atoms with Gasteiger partial charge in [0, 0.05) is 25.1 Å². The van der Waals surface area contributed by atoms with E-state index in [1.54, 1.807) is 19.2 Å². The number of carbonyl (C=O) groups is 2. The van der Waals surface area contributed by atoms with E-state index in [4.69, 9.17) is 9.57 Å². The van der Waals surface area contributed by atoms with Crippen molar-refractivity contribution in [2.75, 3.05) is 27.3 Å². The number of amides is 2. The van der Waals surface area contributed by atoms with Gasteiger partial charge in [-0.15, -0.1) is 0 Å². The van der Waals surface area contributed by atoms with E-state index in [0.29, 0.717) is 25.1 Å². The van der Waals surface area contributed by atoms with Crippen molar-refractivity contribution in [3.05, 3.63) is 95.1 Å². The molecule has 0 aliphatic heterocycles. The predicted molar refractivity (Wildman–Crippen MR) is 122 cm³/mol. The van der Waals surface area contributed by atoms with Crippen molar-refractivity contribution < 1.29 is 19.2 Å². The maximum atomic E-state index is 12.3. The molecule has 0 bridgehead atoms. The maximum absolute atomic E-state index is 12.3. The minimum Gasteiger partial charge on any atom is -0.449 e. The average Bonchev–Trinajstić information content (AvgIpc) is 3.16. The van der Waals surface area contributed by atoms with E-state index in [0.717, 1.165) is 5.56 Å². The van der Waals surface area contributed by atoms with E-state index >= 15 is 0 Å². The van der Waals surface area contributed by atoms with Crippen molar-refractivity contribution in [3.8, 4) is 11.1 Å². The monoisotopic (exact) mass is 430 g/mol. The van der Waals surface area contributed by atoms with Crippen molar-refractivity contribution >= 4 is 12.0 Å². The molecule has 0 radical (unpaired) electrons. The van der Waals surface area contributed by atoms with Gasteiger partial charge in [-0.05, 0) is 46.4 Å². The fourth-order valence-electron chi connectivity index (χ4n) is 4.04. The summed E-state index contributed by atoms with van der Waals surface area (Å²) in [5.74, 6) is -0.167. The number of rotatable bonds is 7. The summed E-state index contributed by atoms with van der Waals surface area (Å²) in [6, 6.07) is 23.8. The zero-order chi connectivity index (χ0) is 22.5. The normalized spacial score (nSPS) is 12.1. The third kappa shape index (κ3) is 4.50. The Morgan fingerprint density at radius 1 is 0.906 bits per heavy atom. The average molecular weight is 431 g/mol. The van der Waals surface area contributed by atoms with Crippen LogP contribution in [0.25, 0.3) is 11.1 Å². The van der Waals surface area contributed by atoms with Gasteiger partial charge in [0.2, 0.25) is 0 Å². The zero-order valence-corrected chi connectivity index (χ0v) is 18.2. The number of hydrogen-bond acceptors (Lipinski definition) is 4. The smallest absolute Gasteiger partial charge is 0.407 e. The number of nitrogens with zero attached hydrogens (tertiary/aromatic N) is 1. The number of hydrogen-bond donors (Lipinski definition) is 1. The van der Waals surface area contributed by atoms with Crippen LogP contribution in [0.3, 0.4) is 0 Å². The molecule has 32 heavy (non-hydrogen) atoms. The summed E-state index contributed by atoms with van der Waals surface area (Å²) < 4.78 is 5.55. The molecule has 2 amide bonds. The standard InChI is InChI=1S/C26H26N2O4/c1-28(31-2)25(29)19-13-11-18(12-14-19)15-16-27-26(30)32-17-24-22-9-5-3-7-20(22)21-8-4-6-10-23(21)24/h3-14,24H,15-17H2,1-2H3,(H,27,30). The molecule has 3 aromatic rings. The molecule has 0 spiro atoms. The van der Waals surface area contributed by atoms with Gasteiger partial charge in [-0.1, -0.05) is 60.7 Å². The van der Waals surface area contributed by atoms with Gasteiger partial charge in [0.25, 0.3) is 5.91 Å². The molecule has 0 saturated carbocycles. The van der Waals surface area contributed by atoms with Gasteiger partial charge in [-0.3, -0.25) is 9.63 Å². The van der Waals surface area contributed by atoms with Gasteiger partial charge in [-0.2, -0.15) is 0 Å². The summed E-state index contributed by atoms with van der Waals surface area (Å²) in [5.41, 5.74) is 6.35. The lowest BCUT2D eigenvalue weighted by atomic mass is 9.98. The van der Waals surface area contributed by atoms with Gasteiger partial charge >= 0.3 is 6.09 Å². The summed E-state index contributed by atoms with van der Waals surface area (Å²) in [7, 11) is 3.01. The molecule has 0 heterocycles. The third-order valence-electron chi connectivity index (χ3n) is 5.79. The fraction of sp³-hybridized carbons (Fsp3) is 0.231. The van der Waals surface area contributed by atoms with Gasteiger partial charge in [0.15, 0.2) is 0 Å². The van der Waals surface area contributed by atoms with Gasteiger partial charge in [0.05, 0.1) is 7.11 Å². The Morgan fingerprint density at radius 2 is 1.50 bits per heavy atom. The van der Waals surface area contributed by atoms with E-state index in [2.05, 4.69) is 29.6 Å². The number of benzene rings is 3. The van der Waals surface area contributed by atoms with Crippen LogP contribution in [0.4, 0.5) is 4.79 Å². The molecule has 4 rings (SSSR count). The number of fused-ring (bicyclic) bond motifs is 3. The van der Waals surface area contributed by atoms with Crippen LogP contribution in [0.1, 0.15) is 33.0 Å². The molecule has 0 unspecified atom stereocenters. The van der Waals surface area contributed by atoms with E-state index in [1.807, 2.05) is 36.4 Å². The first-order chi connectivity index (χ1) is 15.6. The minimum atomic E-state index is -0.430. The van der Waals surface area contributed by atoms with Gasteiger partial charge < -0.3 is 10.1 Å². The lowest BCUT2D eigenvalue weighted by Gasteiger charge is -2.15. The second kappa shape index (κ2) is 9.66. The number of ether oxygens (including phenoxy) is 1. The molecule has 3 aromatic carbocycles. The molecule has 1 aliphatic rings. The van der Waals surface area contributed by atoms with E-state index < -0.39 is 6.09 Å².